The van der Waals surface area contributed by atoms with Crippen molar-refractivity contribution in [1.29, 1.82) is 0 Å². The fourth-order valence-electron chi connectivity index (χ4n) is 2.54. The maximum absolute atomic E-state index is 14.0. The Morgan fingerprint density at radius 3 is 2.41 bits per heavy atom. The first kappa shape index (κ1) is 16.7. The molecule has 4 N–H and O–H groups in total. The van der Waals surface area contributed by atoms with E-state index in [9.17, 15) is 19.4 Å². The number of nitrogens with two attached hydrogens (primary N) is 1. The zero-order chi connectivity index (χ0) is 16.9. The molecule has 1 aliphatic rings. The number of halogens is 1. The van der Waals surface area contributed by atoms with Gasteiger partial charge in [-0.3, -0.25) is 4.79 Å². The van der Waals surface area contributed by atoms with E-state index < -0.39 is 17.4 Å². The molecule has 1 heterocycles. The summed E-state index contributed by atoms with van der Waals surface area (Å²) in [6, 6.07) is 3.22. The molecule has 1 amide bonds. The lowest BCUT2D eigenvalue weighted by Gasteiger charge is -2.26. The standard InChI is InChI=1S/C16H23FN2O3/c1-15(2,21)11-6-10-9(5-12(11)18)7-19(14(10)20)8-13(17)16(3,4)22/h5-6,13,21-22H,7-8,18H2,1-4H3/t13-/m0/s1. The van der Waals surface area contributed by atoms with Crippen molar-refractivity contribution >= 4 is 11.6 Å². The van der Waals surface area contributed by atoms with E-state index in [1.54, 1.807) is 26.0 Å². The minimum atomic E-state index is -1.54. The third-order valence-electron chi connectivity index (χ3n) is 3.96. The second kappa shape index (κ2) is 5.21. The second-order valence-electron chi connectivity index (χ2n) is 6.96. The van der Waals surface area contributed by atoms with Gasteiger partial charge in [-0.1, -0.05) is 0 Å². The summed E-state index contributed by atoms with van der Waals surface area (Å²) in [7, 11) is 0. The summed E-state index contributed by atoms with van der Waals surface area (Å²) in [5.74, 6) is -0.313. The molecule has 1 aliphatic heterocycles. The first-order chi connectivity index (χ1) is 9.91. The molecule has 6 heteroatoms. The average molecular weight is 310 g/mol. The topological polar surface area (TPSA) is 86.8 Å². The van der Waals surface area contributed by atoms with E-state index in [0.29, 0.717) is 22.4 Å². The van der Waals surface area contributed by atoms with E-state index in [0.717, 1.165) is 0 Å². The van der Waals surface area contributed by atoms with Crippen molar-refractivity contribution in [3.05, 3.63) is 28.8 Å². The van der Waals surface area contributed by atoms with Gasteiger partial charge in [0, 0.05) is 23.4 Å². The van der Waals surface area contributed by atoms with Crippen LogP contribution in [0.5, 0.6) is 0 Å². The molecule has 5 nitrogen and oxygen atoms in total. The Balaban J connectivity index is 2.29. The van der Waals surface area contributed by atoms with Gasteiger partial charge in [0.05, 0.1) is 17.7 Å². The van der Waals surface area contributed by atoms with E-state index in [1.165, 1.54) is 18.7 Å². The van der Waals surface area contributed by atoms with Gasteiger partial charge in [-0.15, -0.1) is 0 Å². The van der Waals surface area contributed by atoms with Crippen LogP contribution in [0.25, 0.3) is 0 Å². The SMILES string of the molecule is CC(C)(O)c1cc2c(cc1N)CN(C[C@H](F)C(C)(C)O)C2=O. The quantitative estimate of drug-likeness (QED) is 0.737. The van der Waals surface area contributed by atoms with Gasteiger partial charge in [-0.2, -0.15) is 0 Å². The van der Waals surface area contributed by atoms with Gasteiger partial charge >= 0.3 is 0 Å². The molecule has 0 unspecified atom stereocenters. The molecule has 0 saturated heterocycles. The lowest BCUT2D eigenvalue weighted by molar-refractivity contribution is -0.0159. The molecule has 1 atom stereocenters. The zero-order valence-electron chi connectivity index (χ0n) is 13.4. The normalized spacial score (nSPS) is 16.9. The van der Waals surface area contributed by atoms with Crippen LogP contribution in [0.15, 0.2) is 12.1 Å². The van der Waals surface area contributed by atoms with Crippen molar-refractivity contribution in [3.8, 4) is 0 Å². The summed E-state index contributed by atoms with van der Waals surface area (Å²) in [6.07, 6.45) is -1.54. The molecule has 0 saturated carbocycles. The van der Waals surface area contributed by atoms with Crippen molar-refractivity contribution in [1.82, 2.24) is 4.90 Å². The first-order valence-electron chi connectivity index (χ1n) is 7.22. The monoisotopic (exact) mass is 310 g/mol. The van der Waals surface area contributed by atoms with Crippen molar-refractivity contribution in [2.75, 3.05) is 12.3 Å². The smallest absolute Gasteiger partial charge is 0.254 e. The number of amides is 1. The van der Waals surface area contributed by atoms with Crippen LogP contribution in [0.3, 0.4) is 0 Å². The third-order valence-corrected chi connectivity index (χ3v) is 3.96. The van der Waals surface area contributed by atoms with Crippen molar-refractivity contribution in [2.24, 2.45) is 0 Å². The second-order valence-corrected chi connectivity index (χ2v) is 6.96. The van der Waals surface area contributed by atoms with E-state index >= 15 is 0 Å². The number of anilines is 1. The van der Waals surface area contributed by atoms with Gasteiger partial charge in [0.2, 0.25) is 0 Å². The highest BCUT2D eigenvalue weighted by atomic mass is 19.1. The number of fused-ring (bicyclic) bond motifs is 1. The Morgan fingerprint density at radius 2 is 1.91 bits per heavy atom. The fraction of sp³-hybridized carbons (Fsp3) is 0.562. The Hall–Kier alpha value is -1.66. The molecule has 122 valence electrons. The van der Waals surface area contributed by atoms with Gasteiger partial charge in [0.1, 0.15) is 6.17 Å². The van der Waals surface area contributed by atoms with Crippen LogP contribution in [-0.4, -0.2) is 39.3 Å². The molecule has 0 aromatic heterocycles. The molecule has 0 bridgehead atoms. The highest BCUT2D eigenvalue weighted by molar-refractivity contribution is 5.99. The van der Waals surface area contributed by atoms with Crippen LogP contribution in [0, 0.1) is 0 Å². The number of aliphatic hydroxyl groups is 2. The van der Waals surface area contributed by atoms with Crippen LogP contribution in [0.1, 0.15) is 49.2 Å². The van der Waals surface area contributed by atoms with Gasteiger partial charge in [0.15, 0.2) is 0 Å². The lowest BCUT2D eigenvalue weighted by atomic mass is 9.93. The molecule has 0 aliphatic carbocycles. The number of nitrogen functional groups attached to an aromatic ring is 1. The predicted molar refractivity (Wildman–Crippen MR) is 82.0 cm³/mol. The van der Waals surface area contributed by atoms with Crippen molar-refractivity contribution in [2.45, 2.75) is 51.6 Å². The average Bonchev–Trinajstić information content (AvgIpc) is 2.62. The first-order valence-corrected chi connectivity index (χ1v) is 7.22. The predicted octanol–water partition coefficient (Wildman–Crippen LogP) is 1.56. The van der Waals surface area contributed by atoms with E-state index in [1.807, 2.05) is 0 Å². The molecular formula is C16H23FN2O3. The number of nitrogens with zero attached hydrogens (tertiary/aromatic N) is 1. The molecular weight excluding hydrogens is 287 g/mol. The highest BCUT2D eigenvalue weighted by Crippen LogP contribution is 2.33. The number of hydrogen-bond acceptors (Lipinski definition) is 4. The van der Waals surface area contributed by atoms with E-state index in [2.05, 4.69) is 0 Å². The van der Waals surface area contributed by atoms with Crippen LogP contribution in [0.2, 0.25) is 0 Å². The zero-order valence-corrected chi connectivity index (χ0v) is 13.4. The number of alkyl halides is 1. The number of rotatable bonds is 4. The number of benzene rings is 1. The highest BCUT2D eigenvalue weighted by Gasteiger charge is 2.35. The maximum Gasteiger partial charge on any atom is 0.254 e. The van der Waals surface area contributed by atoms with Crippen molar-refractivity contribution in [3.63, 3.8) is 0 Å². The largest absolute Gasteiger partial charge is 0.398 e. The Kier molecular flexibility index (Phi) is 3.96. The summed E-state index contributed by atoms with van der Waals surface area (Å²) in [6.45, 7) is 5.99. The fourth-order valence-corrected chi connectivity index (χ4v) is 2.54. The van der Waals surface area contributed by atoms with Gasteiger partial charge in [0.25, 0.3) is 5.91 Å². The Labute approximate surface area is 129 Å². The number of carbonyl (C=O) groups excluding carboxylic acids is 1. The molecule has 1 aromatic carbocycles. The number of hydrogen-bond donors (Lipinski definition) is 3. The maximum atomic E-state index is 14.0. The molecule has 2 rings (SSSR count). The van der Waals surface area contributed by atoms with Crippen molar-refractivity contribution < 1.29 is 19.4 Å². The van der Waals surface area contributed by atoms with Gasteiger partial charge in [-0.05, 0) is 45.4 Å². The van der Waals surface area contributed by atoms with Crippen LogP contribution in [0.4, 0.5) is 10.1 Å². The summed E-state index contributed by atoms with van der Waals surface area (Å²) >= 11 is 0. The van der Waals surface area contributed by atoms with E-state index in [4.69, 9.17) is 5.73 Å². The molecule has 0 radical (unpaired) electrons. The molecule has 1 aromatic rings. The minimum Gasteiger partial charge on any atom is -0.398 e. The van der Waals surface area contributed by atoms with Gasteiger partial charge < -0.3 is 20.8 Å². The number of carbonyl (C=O) groups is 1. The molecule has 22 heavy (non-hydrogen) atoms. The van der Waals surface area contributed by atoms with E-state index in [-0.39, 0.29) is 19.0 Å². The van der Waals surface area contributed by atoms with Crippen LogP contribution < -0.4 is 5.73 Å². The Bertz CT molecular complexity index is 603. The Morgan fingerprint density at radius 1 is 1.32 bits per heavy atom. The summed E-state index contributed by atoms with van der Waals surface area (Å²) < 4.78 is 14.0. The summed E-state index contributed by atoms with van der Waals surface area (Å²) in [4.78, 5) is 13.8. The van der Waals surface area contributed by atoms with Crippen LogP contribution in [-0.2, 0) is 12.1 Å². The van der Waals surface area contributed by atoms with Crippen LogP contribution >= 0.6 is 0 Å². The summed E-state index contributed by atoms with van der Waals surface area (Å²) in [5.41, 5.74) is 5.27. The minimum absolute atomic E-state index is 0.186. The lowest BCUT2D eigenvalue weighted by Crippen LogP contribution is -2.42. The van der Waals surface area contributed by atoms with Gasteiger partial charge in [-0.25, -0.2) is 4.39 Å². The third kappa shape index (κ3) is 3.08. The molecule has 0 spiro atoms. The summed E-state index contributed by atoms with van der Waals surface area (Å²) in [5, 5.41) is 19.8. The molecule has 0 fully saturated rings.